The van der Waals surface area contributed by atoms with Crippen molar-refractivity contribution in [2.75, 3.05) is 18.9 Å². The van der Waals surface area contributed by atoms with Crippen LogP contribution >= 0.6 is 0 Å². The van der Waals surface area contributed by atoms with Crippen LogP contribution in [0.25, 0.3) is 0 Å². The van der Waals surface area contributed by atoms with E-state index in [9.17, 15) is 13.2 Å². The number of nitrogens with one attached hydrogen (secondary N) is 1. The zero-order valence-corrected chi connectivity index (χ0v) is 15.9. The molecule has 0 atom stereocenters. The van der Waals surface area contributed by atoms with Crippen LogP contribution < -0.4 is 5.32 Å². The molecular formula is C18H23N3O4S. The molecule has 0 radical (unpaired) electrons. The third-order valence-corrected chi connectivity index (χ3v) is 5.29. The molecule has 0 spiro atoms. The SMILES string of the molecule is CC(C)OCc1cccc(NC(=O)CN(C)S(=O)(=O)c2cccnc2)c1. The maximum absolute atomic E-state index is 12.4. The molecule has 0 aliphatic rings. The number of pyridine rings is 1. The highest BCUT2D eigenvalue weighted by atomic mass is 32.2. The average molecular weight is 377 g/mol. The molecule has 0 aliphatic heterocycles. The zero-order valence-electron chi connectivity index (χ0n) is 15.0. The molecule has 1 heterocycles. The number of carbonyl (C=O) groups is 1. The zero-order chi connectivity index (χ0) is 19.2. The van der Waals surface area contributed by atoms with E-state index in [1.165, 1.54) is 31.6 Å². The summed E-state index contributed by atoms with van der Waals surface area (Å²) in [7, 11) is -2.41. The van der Waals surface area contributed by atoms with E-state index in [-0.39, 0.29) is 17.5 Å². The number of anilines is 1. The highest BCUT2D eigenvalue weighted by Gasteiger charge is 2.23. The lowest BCUT2D eigenvalue weighted by atomic mass is 10.2. The quantitative estimate of drug-likeness (QED) is 0.762. The molecule has 2 rings (SSSR count). The monoisotopic (exact) mass is 377 g/mol. The molecule has 0 bridgehead atoms. The van der Waals surface area contributed by atoms with Gasteiger partial charge in [0.15, 0.2) is 0 Å². The Balaban J connectivity index is 1.99. The van der Waals surface area contributed by atoms with Crippen LogP contribution in [0.3, 0.4) is 0 Å². The maximum atomic E-state index is 12.4. The molecule has 1 N–H and O–H groups in total. The summed E-state index contributed by atoms with van der Waals surface area (Å²) in [6.45, 7) is 4.04. The standard InChI is InChI=1S/C18H23N3O4S/c1-14(2)25-13-15-6-4-7-16(10-15)20-18(22)12-21(3)26(23,24)17-8-5-9-19-11-17/h4-11,14H,12-13H2,1-3H3,(H,20,22). The summed E-state index contributed by atoms with van der Waals surface area (Å²) in [6, 6.07) is 10.2. The first-order valence-electron chi connectivity index (χ1n) is 8.16. The number of nitrogens with zero attached hydrogens (tertiary/aromatic N) is 2. The van der Waals surface area contributed by atoms with E-state index in [0.717, 1.165) is 9.87 Å². The molecule has 140 valence electrons. The minimum absolute atomic E-state index is 0.0446. The lowest BCUT2D eigenvalue weighted by molar-refractivity contribution is -0.116. The van der Waals surface area contributed by atoms with E-state index in [1.807, 2.05) is 26.0 Å². The average Bonchev–Trinajstić information content (AvgIpc) is 2.61. The van der Waals surface area contributed by atoms with E-state index in [2.05, 4.69) is 10.3 Å². The van der Waals surface area contributed by atoms with Gasteiger partial charge < -0.3 is 10.1 Å². The van der Waals surface area contributed by atoms with Gasteiger partial charge in [0.1, 0.15) is 4.90 Å². The summed E-state index contributed by atoms with van der Waals surface area (Å²) in [6.07, 6.45) is 2.85. The molecule has 2 aromatic rings. The number of benzene rings is 1. The van der Waals surface area contributed by atoms with Crippen LogP contribution in [0.2, 0.25) is 0 Å². The Hall–Kier alpha value is -2.29. The van der Waals surface area contributed by atoms with Gasteiger partial charge in [-0.3, -0.25) is 9.78 Å². The van der Waals surface area contributed by atoms with Gasteiger partial charge >= 0.3 is 0 Å². The minimum Gasteiger partial charge on any atom is -0.374 e. The fourth-order valence-corrected chi connectivity index (χ4v) is 3.26. The number of carbonyl (C=O) groups excluding carboxylic acids is 1. The van der Waals surface area contributed by atoms with Crippen molar-refractivity contribution in [3.8, 4) is 0 Å². The highest BCUT2D eigenvalue weighted by molar-refractivity contribution is 7.89. The van der Waals surface area contributed by atoms with E-state index < -0.39 is 15.9 Å². The Morgan fingerprint density at radius 3 is 2.69 bits per heavy atom. The summed E-state index contributed by atoms with van der Waals surface area (Å²) in [5.41, 5.74) is 1.51. The second-order valence-electron chi connectivity index (χ2n) is 6.06. The van der Waals surface area contributed by atoms with Crippen LogP contribution in [0.15, 0.2) is 53.7 Å². The number of hydrogen-bond donors (Lipinski definition) is 1. The van der Waals surface area contributed by atoms with Crippen molar-refractivity contribution in [2.45, 2.75) is 31.5 Å². The van der Waals surface area contributed by atoms with E-state index in [4.69, 9.17) is 4.74 Å². The van der Waals surface area contributed by atoms with Crippen molar-refractivity contribution in [1.29, 1.82) is 0 Å². The van der Waals surface area contributed by atoms with Gasteiger partial charge in [-0.25, -0.2) is 8.42 Å². The summed E-state index contributed by atoms with van der Waals surface area (Å²) >= 11 is 0. The number of ether oxygens (including phenoxy) is 1. The van der Waals surface area contributed by atoms with Crippen LogP contribution in [-0.4, -0.2) is 43.3 Å². The maximum Gasteiger partial charge on any atom is 0.244 e. The molecular weight excluding hydrogens is 354 g/mol. The number of hydrogen-bond acceptors (Lipinski definition) is 5. The fraction of sp³-hybridized carbons (Fsp3) is 0.333. The third-order valence-electron chi connectivity index (χ3n) is 3.50. The Labute approximate surface area is 154 Å². The molecule has 0 fully saturated rings. The van der Waals surface area contributed by atoms with Crippen molar-refractivity contribution >= 4 is 21.6 Å². The Morgan fingerprint density at radius 1 is 1.27 bits per heavy atom. The van der Waals surface area contributed by atoms with Crippen LogP contribution in [0.4, 0.5) is 5.69 Å². The van der Waals surface area contributed by atoms with Gasteiger partial charge in [-0.15, -0.1) is 0 Å². The molecule has 1 amide bonds. The summed E-state index contributed by atoms with van der Waals surface area (Å²) in [5, 5.41) is 2.71. The molecule has 0 unspecified atom stereocenters. The third kappa shape index (κ3) is 5.62. The molecule has 26 heavy (non-hydrogen) atoms. The first-order chi connectivity index (χ1) is 12.3. The number of rotatable bonds is 8. The van der Waals surface area contributed by atoms with E-state index >= 15 is 0 Å². The normalized spacial score (nSPS) is 11.7. The van der Waals surface area contributed by atoms with Crippen LogP contribution in [0.1, 0.15) is 19.4 Å². The second-order valence-corrected chi connectivity index (χ2v) is 8.10. The predicted molar refractivity (Wildman–Crippen MR) is 99.0 cm³/mol. The van der Waals surface area contributed by atoms with Gasteiger partial charge in [0.25, 0.3) is 0 Å². The lowest BCUT2D eigenvalue weighted by Gasteiger charge is -2.17. The van der Waals surface area contributed by atoms with Crippen molar-refractivity contribution in [2.24, 2.45) is 0 Å². The van der Waals surface area contributed by atoms with Crippen LogP contribution in [0.5, 0.6) is 0 Å². The van der Waals surface area contributed by atoms with Gasteiger partial charge in [-0.1, -0.05) is 12.1 Å². The molecule has 7 nitrogen and oxygen atoms in total. The molecule has 1 aromatic heterocycles. The molecule has 0 saturated heterocycles. The first-order valence-corrected chi connectivity index (χ1v) is 9.60. The van der Waals surface area contributed by atoms with E-state index in [0.29, 0.717) is 12.3 Å². The molecule has 8 heteroatoms. The van der Waals surface area contributed by atoms with Crippen molar-refractivity contribution < 1.29 is 17.9 Å². The number of aromatic nitrogens is 1. The van der Waals surface area contributed by atoms with Gasteiger partial charge in [0, 0.05) is 25.1 Å². The van der Waals surface area contributed by atoms with Crippen molar-refractivity contribution in [3.05, 3.63) is 54.4 Å². The lowest BCUT2D eigenvalue weighted by Crippen LogP contribution is -2.35. The first kappa shape index (κ1) is 20.0. The van der Waals surface area contributed by atoms with Crippen LogP contribution in [-0.2, 0) is 26.2 Å². The van der Waals surface area contributed by atoms with Crippen molar-refractivity contribution in [1.82, 2.24) is 9.29 Å². The van der Waals surface area contributed by atoms with E-state index in [1.54, 1.807) is 12.1 Å². The number of sulfonamides is 1. The summed E-state index contributed by atoms with van der Waals surface area (Å²) in [5.74, 6) is -0.429. The number of amides is 1. The molecule has 0 aliphatic carbocycles. The smallest absolute Gasteiger partial charge is 0.244 e. The summed E-state index contributed by atoms with van der Waals surface area (Å²) < 4.78 is 31.4. The van der Waals surface area contributed by atoms with Gasteiger partial charge in [0.05, 0.1) is 19.3 Å². The highest BCUT2D eigenvalue weighted by Crippen LogP contribution is 2.14. The van der Waals surface area contributed by atoms with Gasteiger partial charge in [-0.2, -0.15) is 4.31 Å². The van der Waals surface area contributed by atoms with Crippen molar-refractivity contribution in [3.63, 3.8) is 0 Å². The predicted octanol–water partition coefficient (Wildman–Crippen LogP) is 2.27. The Bertz CT molecular complexity index is 839. The fourth-order valence-electron chi connectivity index (χ4n) is 2.17. The largest absolute Gasteiger partial charge is 0.374 e. The second kappa shape index (κ2) is 8.88. The Morgan fingerprint density at radius 2 is 2.04 bits per heavy atom. The topological polar surface area (TPSA) is 88.6 Å². The molecule has 1 aromatic carbocycles. The summed E-state index contributed by atoms with van der Waals surface area (Å²) in [4.78, 5) is 16.1. The number of likely N-dealkylation sites (N-methyl/N-ethyl adjacent to an activating group) is 1. The minimum atomic E-state index is -3.76. The van der Waals surface area contributed by atoms with Gasteiger partial charge in [0.2, 0.25) is 15.9 Å². The van der Waals surface area contributed by atoms with Gasteiger partial charge in [-0.05, 0) is 43.7 Å². The van der Waals surface area contributed by atoms with Crippen LogP contribution in [0, 0.1) is 0 Å². The Kier molecular flexibility index (Phi) is 6.84. The molecule has 0 saturated carbocycles.